The van der Waals surface area contributed by atoms with Crippen molar-refractivity contribution in [2.24, 2.45) is 16.1 Å². The molecule has 3 aromatic rings. The summed E-state index contributed by atoms with van der Waals surface area (Å²) in [7, 11) is 1.95. The van der Waals surface area contributed by atoms with Crippen molar-refractivity contribution < 1.29 is 14.3 Å². The van der Waals surface area contributed by atoms with E-state index in [4.69, 9.17) is 27.1 Å². The number of hydrogen-bond acceptors (Lipinski definition) is 7. The first kappa shape index (κ1) is 28.0. The second-order valence-corrected chi connectivity index (χ2v) is 11.5. The first-order chi connectivity index (χ1) is 18.1. The summed E-state index contributed by atoms with van der Waals surface area (Å²) in [5.41, 5.74) is 11.2. The number of benzene rings is 1. The molecule has 9 heteroatoms. The lowest BCUT2D eigenvalue weighted by Crippen LogP contribution is -2.42. The Balaban J connectivity index is 1.54. The molecular weight excluding hydrogens is 520 g/mol. The number of aromatic nitrogens is 1. The number of ether oxygens (including phenoxy) is 1. The van der Waals surface area contributed by atoms with Gasteiger partial charge in [0.2, 0.25) is 0 Å². The van der Waals surface area contributed by atoms with Gasteiger partial charge in [0.05, 0.1) is 22.3 Å². The van der Waals surface area contributed by atoms with E-state index in [-0.39, 0.29) is 6.04 Å². The second kappa shape index (κ2) is 11.4. The first-order valence-electron chi connectivity index (χ1n) is 12.5. The Morgan fingerprint density at radius 2 is 2.05 bits per heavy atom. The minimum absolute atomic E-state index is 0.0636. The number of amidine groups is 1. The van der Waals surface area contributed by atoms with Gasteiger partial charge >= 0.3 is 0 Å². The third-order valence-electron chi connectivity index (χ3n) is 7.31. The lowest BCUT2D eigenvalue weighted by Gasteiger charge is -2.37. The van der Waals surface area contributed by atoms with Crippen molar-refractivity contribution in [3.63, 3.8) is 0 Å². The van der Waals surface area contributed by atoms with Crippen molar-refractivity contribution in [1.82, 2.24) is 9.88 Å². The maximum atomic E-state index is 11.9. The van der Waals surface area contributed by atoms with Crippen LogP contribution in [0.15, 0.2) is 45.9 Å². The molecule has 38 heavy (non-hydrogen) atoms. The summed E-state index contributed by atoms with van der Waals surface area (Å²) in [6, 6.07) is 7.47. The standard InChI is InChI=1S/C29H33ClN4O3S/c1-17-12-22(28-27(32-17)19(14-35)16-38-28)21-13-20(30)6-8-25(21)37-11-10-34(5)18(2)33-24-7-9-26(31)29(3,4)23(24)15-36/h6,8,12-16,26H,7,9-11,31H2,1-5H3. The summed E-state index contributed by atoms with van der Waals surface area (Å²) in [6.07, 6.45) is 3.21. The summed E-state index contributed by atoms with van der Waals surface area (Å²) >= 11 is 7.86. The number of nitrogens with two attached hydrogens (primary N) is 1. The quantitative estimate of drug-likeness (QED) is 0.207. The number of carbonyl (C=O) groups is 2. The molecule has 0 saturated carbocycles. The van der Waals surface area contributed by atoms with E-state index >= 15 is 0 Å². The number of aryl methyl sites for hydroxylation is 1. The fourth-order valence-corrected chi connectivity index (χ4v) is 5.86. The lowest BCUT2D eigenvalue weighted by molar-refractivity contribution is -0.106. The van der Waals surface area contributed by atoms with Gasteiger partial charge in [-0.2, -0.15) is 0 Å². The number of pyridine rings is 1. The molecule has 1 aliphatic rings. The lowest BCUT2D eigenvalue weighted by atomic mass is 9.71. The minimum Gasteiger partial charge on any atom is -0.491 e. The molecule has 1 aliphatic carbocycles. The van der Waals surface area contributed by atoms with E-state index in [1.54, 1.807) is 6.07 Å². The summed E-state index contributed by atoms with van der Waals surface area (Å²) < 4.78 is 7.16. The van der Waals surface area contributed by atoms with Crippen LogP contribution in [0.4, 0.5) is 0 Å². The molecule has 200 valence electrons. The largest absolute Gasteiger partial charge is 0.491 e. The molecule has 0 saturated heterocycles. The highest BCUT2D eigenvalue weighted by atomic mass is 35.5. The van der Waals surface area contributed by atoms with E-state index in [2.05, 4.69) is 4.98 Å². The Morgan fingerprint density at radius 3 is 2.76 bits per heavy atom. The van der Waals surface area contributed by atoms with Crippen LogP contribution in [0.5, 0.6) is 5.75 Å². The van der Waals surface area contributed by atoms with Crippen LogP contribution >= 0.6 is 22.9 Å². The number of allylic oxidation sites excluding steroid dienone is 1. The third kappa shape index (κ3) is 5.53. The Morgan fingerprint density at radius 1 is 1.29 bits per heavy atom. The number of thiophene rings is 1. The van der Waals surface area contributed by atoms with Gasteiger partial charge in [-0.3, -0.25) is 14.6 Å². The molecule has 2 aromatic heterocycles. The summed E-state index contributed by atoms with van der Waals surface area (Å²) in [5, 5.41) is 2.42. The highest BCUT2D eigenvalue weighted by molar-refractivity contribution is 7.18. The molecule has 2 heterocycles. The maximum absolute atomic E-state index is 11.9. The van der Waals surface area contributed by atoms with Crippen LogP contribution < -0.4 is 10.5 Å². The Labute approximate surface area is 232 Å². The molecule has 0 bridgehead atoms. The van der Waals surface area contributed by atoms with Crippen LogP contribution in [0, 0.1) is 12.3 Å². The van der Waals surface area contributed by atoms with E-state index in [0.717, 1.165) is 52.0 Å². The second-order valence-electron chi connectivity index (χ2n) is 10.2. The van der Waals surface area contributed by atoms with Crippen molar-refractivity contribution in [2.45, 2.75) is 46.6 Å². The molecule has 0 radical (unpaired) electrons. The van der Waals surface area contributed by atoms with E-state index in [9.17, 15) is 9.59 Å². The topological polar surface area (TPSA) is 97.9 Å². The van der Waals surface area contributed by atoms with Crippen molar-refractivity contribution in [1.29, 1.82) is 0 Å². The average molecular weight is 553 g/mol. The van der Waals surface area contributed by atoms with Crippen LogP contribution in [0.2, 0.25) is 5.02 Å². The molecule has 1 unspecified atom stereocenters. The van der Waals surface area contributed by atoms with Gasteiger partial charge in [-0.1, -0.05) is 25.4 Å². The van der Waals surface area contributed by atoms with Gasteiger partial charge in [0, 0.05) is 57.0 Å². The number of halogens is 1. The highest BCUT2D eigenvalue weighted by Gasteiger charge is 2.36. The van der Waals surface area contributed by atoms with Crippen LogP contribution in [0.3, 0.4) is 0 Å². The van der Waals surface area contributed by atoms with Gasteiger partial charge in [0.25, 0.3) is 0 Å². The number of likely N-dealkylation sites (N-methyl/N-ethyl adjacent to an activating group) is 1. The minimum atomic E-state index is -0.405. The van der Waals surface area contributed by atoms with Crippen molar-refractivity contribution in [3.05, 3.63) is 57.2 Å². The summed E-state index contributed by atoms with van der Waals surface area (Å²) in [5.74, 6) is 1.50. The Hall–Kier alpha value is -3.07. The number of hydrogen-bond donors (Lipinski definition) is 1. The molecule has 0 spiro atoms. The summed E-state index contributed by atoms with van der Waals surface area (Å²) in [4.78, 5) is 34.8. The van der Waals surface area contributed by atoms with Crippen LogP contribution in [-0.2, 0) is 4.79 Å². The molecule has 0 amide bonds. The monoisotopic (exact) mass is 552 g/mol. The van der Waals surface area contributed by atoms with E-state index < -0.39 is 5.41 Å². The molecule has 4 rings (SSSR count). The number of carbonyl (C=O) groups excluding carboxylic acids is 2. The number of fused-ring (bicyclic) bond motifs is 1. The molecular formula is C29H33ClN4O3S. The van der Waals surface area contributed by atoms with Gasteiger partial charge in [-0.05, 0) is 51.0 Å². The van der Waals surface area contributed by atoms with Crippen molar-refractivity contribution in [2.75, 3.05) is 20.2 Å². The van der Waals surface area contributed by atoms with E-state index in [1.807, 2.05) is 63.2 Å². The van der Waals surface area contributed by atoms with Gasteiger partial charge in [-0.15, -0.1) is 11.3 Å². The molecule has 1 atom stereocenters. The average Bonchev–Trinajstić information content (AvgIpc) is 3.29. The Bertz CT molecular complexity index is 1440. The van der Waals surface area contributed by atoms with Crippen LogP contribution in [-0.4, -0.2) is 54.5 Å². The number of nitrogens with zero attached hydrogens (tertiary/aromatic N) is 3. The zero-order chi connectivity index (χ0) is 27.6. The van der Waals surface area contributed by atoms with Crippen LogP contribution in [0.1, 0.15) is 49.7 Å². The molecule has 0 aliphatic heterocycles. The summed E-state index contributed by atoms with van der Waals surface area (Å²) in [6.45, 7) is 8.84. The Kier molecular flexibility index (Phi) is 8.35. The SMILES string of the molecule is CC(=NC1=C(C=O)C(C)(C)C(N)CC1)N(C)CCOc1ccc(Cl)cc1-c1cc(C)nc2c(C=O)csc12. The number of rotatable bonds is 8. The van der Waals surface area contributed by atoms with Crippen molar-refractivity contribution in [3.8, 4) is 16.9 Å². The van der Waals surface area contributed by atoms with Gasteiger partial charge in [-0.25, -0.2) is 4.99 Å². The molecule has 1 aromatic carbocycles. The van der Waals surface area contributed by atoms with Gasteiger partial charge in [0.1, 0.15) is 24.5 Å². The van der Waals surface area contributed by atoms with Crippen LogP contribution in [0.25, 0.3) is 21.3 Å². The molecule has 0 fully saturated rings. The maximum Gasteiger partial charge on any atom is 0.153 e. The predicted octanol–water partition coefficient (Wildman–Crippen LogP) is 6.07. The highest BCUT2D eigenvalue weighted by Crippen LogP contribution is 2.40. The molecule has 7 nitrogen and oxygen atoms in total. The van der Waals surface area contributed by atoms with E-state index in [1.165, 1.54) is 11.3 Å². The normalized spacial score (nSPS) is 17.6. The predicted molar refractivity (Wildman–Crippen MR) is 156 cm³/mol. The number of aldehydes is 2. The van der Waals surface area contributed by atoms with E-state index in [0.29, 0.717) is 47.0 Å². The molecule has 2 N–H and O–H groups in total. The van der Waals surface area contributed by atoms with Gasteiger partial charge in [0.15, 0.2) is 6.29 Å². The zero-order valence-corrected chi connectivity index (χ0v) is 23.9. The smallest absolute Gasteiger partial charge is 0.153 e. The fraction of sp³-hybridized carbons (Fsp3) is 0.379. The zero-order valence-electron chi connectivity index (χ0n) is 22.4. The fourth-order valence-electron chi connectivity index (χ4n) is 4.71. The first-order valence-corrected chi connectivity index (χ1v) is 13.8. The van der Waals surface area contributed by atoms with Crippen molar-refractivity contribution >= 4 is 51.6 Å². The third-order valence-corrected chi connectivity index (χ3v) is 8.57. The number of aliphatic imine (C=N–C) groups is 1. The van der Waals surface area contributed by atoms with Gasteiger partial charge < -0.3 is 15.4 Å².